The molecule has 0 aliphatic carbocycles. The first-order valence-corrected chi connectivity index (χ1v) is 8.14. The van der Waals surface area contributed by atoms with Crippen molar-refractivity contribution < 1.29 is 19.4 Å². The van der Waals surface area contributed by atoms with Gasteiger partial charge in [-0.25, -0.2) is 0 Å². The molecule has 3 atom stereocenters. The van der Waals surface area contributed by atoms with E-state index in [1.54, 1.807) is 0 Å². The Hall–Kier alpha value is -1.88. The number of carboxylic acid groups (broad SMARTS) is 1. The van der Waals surface area contributed by atoms with Crippen LogP contribution in [0.3, 0.4) is 0 Å². The van der Waals surface area contributed by atoms with Crippen LogP contribution in [0.4, 0.5) is 0 Å². The number of unbranched alkanes of at least 4 members (excludes halogenated alkanes) is 1. The van der Waals surface area contributed by atoms with Gasteiger partial charge in [-0.05, 0) is 17.9 Å². The molecule has 0 saturated heterocycles. The number of benzene rings is 1. The lowest BCUT2D eigenvalue weighted by atomic mass is 9.87. The van der Waals surface area contributed by atoms with E-state index in [2.05, 4.69) is 6.92 Å². The van der Waals surface area contributed by atoms with Gasteiger partial charge in [-0.2, -0.15) is 0 Å². The Morgan fingerprint density at radius 2 is 1.91 bits per heavy atom. The molecule has 1 rings (SSSR count). The van der Waals surface area contributed by atoms with E-state index in [9.17, 15) is 9.59 Å². The molecule has 0 aliphatic rings. The maximum absolute atomic E-state index is 12.3. The van der Waals surface area contributed by atoms with E-state index in [0.29, 0.717) is 6.42 Å². The van der Waals surface area contributed by atoms with Crippen molar-refractivity contribution in [3.8, 4) is 0 Å². The lowest BCUT2D eigenvalue weighted by Crippen LogP contribution is -2.43. The molecule has 0 aromatic heterocycles. The number of carboxylic acids is 1. The fraction of sp³-hybridized carbons (Fsp3) is 0.556. The SMILES string of the molecule is CCCC[C@@H](C)C[C@H](C(=O)OCc1ccccc1)C(N)C(=O)O. The largest absolute Gasteiger partial charge is 0.480 e. The maximum Gasteiger partial charge on any atom is 0.321 e. The molecule has 0 radical (unpaired) electrons. The molecule has 5 nitrogen and oxygen atoms in total. The minimum Gasteiger partial charge on any atom is -0.480 e. The Morgan fingerprint density at radius 1 is 1.26 bits per heavy atom. The minimum atomic E-state index is -1.23. The van der Waals surface area contributed by atoms with Crippen molar-refractivity contribution >= 4 is 11.9 Å². The molecule has 0 saturated carbocycles. The van der Waals surface area contributed by atoms with E-state index >= 15 is 0 Å². The standard InChI is InChI=1S/C18H27NO4/c1-3-4-8-13(2)11-15(16(19)17(20)21)18(22)23-12-14-9-6-5-7-10-14/h5-7,9-10,13,15-16H,3-4,8,11-12,19H2,1-2H3,(H,20,21)/t13-,15+,16?/m1/s1. The second-order valence-electron chi connectivity index (χ2n) is 6.05. The number of aliphatic carboxylic acids is 1. The summed E-state index contributed by atoms with van der Waals surface area (Å²) in [6, 6.07) is 8.06. The lowest BCUT2D eigenvalue weighted by molar-refractivity contribution is -0.156. The summed E-state index contributed by atoms with van der Waals surface area (Å²) < 4.78 is 5.28. The molecule has 1 aromatic carbocycles. The minimum absolute atomic E-state index is 0.131. The summed E-state index contributed by atoms with van der Waals surface area (Å²) in [6.07, 6.45) is 3.50. The van der Waals surface area contributed by atoms with Crippen molar-refractivity contribution in [3.63, 3.8) is 0 Å². The van der Waals surface area contributed by atoms with Crippen molar-refractivity contribution in [1.29, 1.82) is 0 Å². The van der Waals surface area contributed by atoms with Gasteiger partial charge in [0.25, 0.3) is 0 Å². The highest BCUT2D eigenvalue weighted by atomic mass is 16.5. The molecule has 5 heteroatoms. The number of hydrogen-bond acceptors (Lipinski definition) is 4. The molecule has 0 spiro atoms. The number of rotatable bonds is 10. The molecule has 0 fully saturated rings. The Bertz CT molecular complexity index is 489. The van der Waals surface area contributed by atoms with E-state index < -0.39 is 23.9 Å². The number of hydrogen-bond donors (Lipinski definition) is 2. The van der Waals surface area contributed by atoms with E-state index in [0.717, 1.165) is 24.8 Å². The Labute approximate surface area is 137 Å². The van der Waals surface area contributed by atoms with Gasteiger partial charge < -0.3 is 15.6 Å². The second kappa shape index (κ2) is 10.0. The summed E-state index contributed by atoms with van der Waals surface area (Å²) in [7, 11) is 0. The van der Waals surface area contributed by atoms with Crippen LogP contribution in [0.15, 0.2) is 30.3 Å². The fourth-order valence-corrected chi connectivity index (χ4v) is 2.50. The smallest absolute Gasteiger partial charge is 0.321 e. The number of esters is 1. The highest BCUT2D eigenvalue weighted by molar-refractivity contribution is 5.83. The van der Waals surface area contributed by atoms with Gasteiger partial charge in [0.2, 0.25) is 0 Å². The predicted molar refractivity (Wildman–Crippen MR) is 88.6 cm³/mol. The topological polar surface area (TPSA) is 89.6 Å². The molecule has 1 aromatic rings. The normalized spacial score (nSPS) is 14.7. The molecular weight excluding hydrogens is 294 g/mol. The van der Waals surface area contributed by atoms with Gasteiger partial charge in [-0.3, -0.25) is 9.59 Å². The molecule has 1 unspecified atom stereocenters. The summed E-state index contributed by atoms with van der Waals surface area (Å²) in [4.78, 5) is 23.5. The van der Waals surface area contributed by atoms with Gasteiger partial charge in [0.15, 0.2) is 0 Å². The van der Waals surface area contributed by atoms with Crippen LogP contribution in [-0.4, -0.2) is 23.1 Å². The Morgan fingerprint density at radius 3 is 2.48 bits per heavy atom. The van der Waals surface area contributed by atoms with Crippen LogP contribution in [0.25, 0.3) is 0 Å². The summed E-state index contributed by atoms with van der Waals surface area (Å²) >= 11 is 0. The Kier molecular flexibility index (Phi) is 8.33. The van der Waals surface area contributed by atoms with Gasteiger partial charge in [0.1, 0.15) is 12.6 Å². The van der Waals surface area contributed by atoms with Gasteiger partial charge >= 0.3 is 11.9 Å². The third-order valence-corrected chi connectivity index (χ3v) is 3.95. The summed E-state index contributed by atoms with van der Waals surface area (Å²) in [5.74, 6) is -2.29. The zero-order chi connectivity index (χ0) is 17.2. The van der Waals surface area contributed by atoms with Crippen LogP contribution in [-0.2, 0) is 20.9 Å². The molecule has 0 amide bonds. The zero-order valence-electron chi connectivity index (χ0n) is 13.9. The van der Waals surface area contributed by atoms with Crippen LogP contribution in [0.2, 0.25) is 0 Å². The molecule has 0 bridgehead atoms. The van der Waals surface area contributed by atoms with Gasteiger partial charge in [-0.15, -0.1) is 0 Å². The monoisotopic (exact) mass is 321 g/mol. The second-order valence-corrected chi connectivity index (χ2v) is 6.05. The average Bonchev–Trinajstić information content (AvgIpc) is 2.55. The van der Waals surface area contributed by atoms with Crippen molar-refractivity contribution in [2.75, 3.05) is 0 Å². The van der Waals surface area contributed by atoms with Crippen LogP contribution in [0.5, 0.6) is 0 Å². The van der Waals surface area contributed by atoms with Gasteiger partial charge in [-0.1, -0.05) is 63.4 Å². The highest BCUT2D eigenvalue weighted by Crippen LogP contribution is 2.22. The molecule has 128 valence electrons. The highest BCUT2D eigenvalue weighted by Gasteiger charge is 2.33. The number of ether oxygens (including phenoxy) is 1. The zero-order valence-corrected chi connectivity index (χ0v) is 13.9. The van der Waals surface area contributed by atoms with Gasteiger partial charge in [0.05, 0.1) is 5.92 Å². The van der Waals surface area contributed by atoms with Crippen molar-refractivity contribution in [1.82, 2.24) is 0 Å². The molecule has 0 heterocycles. The molecule has 0 aliphatic heterocycles. The third kappa shape index (κ3) is 6.82. The van der Waals surface area contributed by atoms with Crippen molar-refractivity contribution in [2.24, 2.45) is 17.6 Å². The number of carbonyl (C=O) groups is 2. The van der Waals surface area contributed by atoms with E-state index in [1.165, 1.54) is 0 Å². The molecule has 23 heavy (non-hydrogen) atoms. The fourth-order valence-electron chi connectivity index (χ4n) is 2.50. The predicted octanol–water partition coefficient (Wildman–Crippen LogP) is 2.97. The maximum atomic E-state index is 12.3. The summed E-state index contributed by atoms with van der Waals surface area (Å²) in [5.41, 5.74) is 6.57. The quantitative estimate of drug-likeness (QED) is 0.647. The third-order valence-electron chi connectivity index (χ3n) is 3.95. The van der Waals surface area contributed by atoms with E-state index in [4.69, 9.17) is 15.6 Å². The summed E-state index contributed by atoms with van der Waals surface area (Å²) in [6.45, 7) is 4.24. The van der Waals surface area contributed by atoms with Crippen molar-refractivity contribution in [3.05, 3.63) is 35.9 Å². The first kappa shape index (κ1) is 19.2. The van der Waals surface area contributed by atoms with Crippen LogP contribution in [0, 0.1) is 11.8 Å². The molecule has 3 N–H and O–H groups in total. The van der Waals surface area contributed by atoms with Crippen LogP contribution in [0.1, 0.15) is 45.1 Å². The lowest BCUT2D eigenvalue weighted by Gasteiger charge is -2.22. The van der Waals surface area contributed by atoms with E-state index in [1.807, 2.05) is 37.3 Å². The van der Waals surface area contributed by atoms with Crippen molar-refractivity contribution in [2.45, 2.75) is 52.2 Å². The van der Waals surface area contributed by atoms with E-state index in [-0.39, 0.29) is 12.5 Å². The molecular formula is C18H27NO4. The van der Waals surface area contributed by atoms with Crippen LogP contribution >= 0.6 is 0 Å². The van der Waals surface area contributed by atoms with Gasteiger partial charge in [0, 0.05) is 0 Å². The first-order valence-electron chi connectivity index (χ1n) is 8.14. The average molecular weight is 321 g/mol. The number of carbonyl (C=O) groups excluding carboxylic acids is 1. The summed E-state index contributed by atoms with van der Waals surface area (Å²) in [5, 5.41) is 9.14. The first-order chi connectivity index (χ1) is 11.0. The Balaban J connectivity index is 2.66. The number of nitrogens with two attached hydrogens (primary N) is 1. The van der Waals surface area contributed by atoms with Crippen LogP contribution < -0.4 is 5.73 Å².